The van der Waals surface area contributed by atoms with Crippen LogP contribution in [0.2, 0.25) is 0 Å². The molecular weight excluding hydrogens is 344 g/mol. The Kier molecular flexibility index (Phi) is 7.74. The average molecular weight is 370 g/mol. The molecule has 0 radical (unpaired) electrons. The summed E-state index contributed by atoms with van der Waals surface area (Å²) in [7, 11) is 3.14. The van der Waals surface area contributed by atoms with Crippen molar-refractivity contribution in [1.82, 2.24) is 0 Å². The Hall–Kier alpha value is -2.95. The highest BCUT2D eigenvalue weighted by Gasteiger charge is 2.15. The van der Waals surface area contributed by atoms with Crippen molar-refractivity contribution in [3.05, 3.63) is 53.6 Å². The van der Waals surface area contributed by atoms with Gasteiger partial charge in [0.25, 0.3) is 0 Å². The van der Waals surface area contributed by atoms with Gasteiger partial charge in [-0.1, -0.05) is 44.0 Å². The van der Waals surface area contributed by atoms with Gasteiger partial charge in [0.1, 0.15) is 5.75 Å². The van der Waals surface area contributed by atoms with Gasteiger partial charge in [-0.25, -0.2) is 4.79 Å². The smallest absolute Gasteiger partial charge is 0.336 e. The molecule has 0 aliphatic heterocycles. The molecule has 5 nitrogen and oxygen atoms in total. The van der Waals surface area contributed by atoms with Crippen LogP contribution in [0.3, 0.4) is 0 Å². The van der Waals surface area contributed by atoms with Crippen LogP contribution in [0, 0.1) is 0 Å². The highest BCUT2D eigenvalue weighted by Crippen LogP contribution is 2.34. The molecular formula is C22H26O5. The number of ether oxygens (including phenoxy) is 3. The summed E-state index contributed by atoms with van der Waals surface area (Å²) in [5.74, 6) is 0.799. The van der Waals surface area contributed by atoms with Gasteiger partial charge in [-0.15, -0.1) is 0 Å². The van der Waals surface area contributed by atoms with Crippen molar-refractivity contribution in [3.63, 3.8) is 0 Å². The summed E-state index contributed by atoms with van der Waals surface area (Å²) < 4.78 is 16.5. The van der Waals surface area contributed by atoms with E-state index in [9.17, 15) is 9.90 Å². The summed E-state index contributed by atoms with van der Waals surface area (Å²) >= 11 is 0. The maximum absolute atomic E-state index is 11.9. The summed E-state index contributed by atoms with van der Waals surface area (Å²) in [6, 6.07) is 12.4. The lowest BCUT2D eigenvalue weighted by Crippen LogP contribution is -2.03. The van der Waals surface area contributed by atoms with E-state index in [1.165, 1.54) is 0 Å². The molecule has 0 aliphatic rings. The fourth-order valence-corrected chi connectivity index (χ4v) is 2.68. The zero-order valence-electron chi connectivity index (χ0n) is 16.0. The van der Waals surface area contributed by atoms with Crippen LogP contribution in [0.15, 0.2) is 42.5 Å². The summed E-state index contributed by atoms with van der Waals surface area (Å²) in [6.07, 6.45) is 4.72. The first-order chi connectivity index (χ1) is 13.1. The first-order valence-electron chi connectivity index (χ1n) is 9.00. The van der Waals surface area contributed by atoms with E-state index in [2.05, 4.69) is 6.92 Å². The first-order valence-corrected chi connectivity index (χ1v) is 9.00. The minimum absolute atomic E-state index is 0.171. The molecule has 144 valence electrons. The second kappa shape index (κ2) is 10.3. The third-order valence-corrected chi connectivity index (χ3v) is 4.15. The minimum Gasteiger partial charge on any atom is -0.497 e. The molecule has 0 fully saturated rings. The Bertz CT molecular complexity index is 778. The molecule has 0 amide bonds. The number of hydrogen-bond acceptors (Lipinski definition) is 4. The number of carbonyl (C=O) groups is 1. The lowest BCUT2D eigenvalue weighted by atomic mass is 10.0. The molecule has 5 heteroatoms. The van der Waals surface area contributed by atoms with Gasteiger partial charge >= 0.3 is 5.97 Å². The molecule has 0 bridgehead atoms. The van der Waals surface area contributed by atoms with E-state index in [0.29, 0.717) is 35.0 Å². The van der Waals surface area contributed by atoms with E-state index < -0.39 is 5.97 Å². The highest BCUT2D eigenvalue weighted by molar-refractivity contribution is 6.20. The summed E-state index contributed by atoms with van der Waals surface area (Å²) in [6.45, 7) is 2.69. The molecule has 0 saturated heterocycles. The van der Waals surface area contributed by atoms with Crippen molar-refractivity contribution in [2.75, 3.05) is 20.8 Å². The van der Waals surface area contributed by atoms with E-state index in [0.717, 1.165) is 19.3 Å². The second-order valence-electron chi connectivity index (χ2n) is 6.03. The van der Waals surface area contributed by atoms with Gasteiger partial charge in [0.2, 0.25) is 0 Å². The first kappa shape index (κ1) is 20.4. The monoisotopic (exact) mass is 370 g/mol. The number of methoxy groups -OCH3 is 2. The molecule has 0 spiro atoms. The van der Waals surface area contributed by atoms with Gasteiger partial charge in [-0.2, -0.15) is 0 Å². The molecule has 0 aliphatic carbocycles. The maximum atomic E-state index is 11.9. The molecule has 0 atom stereocenters. The Morgan fingerprint density at radius 1 is 1.04 bits per heavy atom. The Balaban J connectivity index is 2.41. The van der Waals surface area contributed by atoms with Crippen molar-refractivity contribution in [1.29, 1.82) is 0 Å². The summed E-state index contributed by atoms with van der Waals surface area (Å²) in [5.41, 5.74) is 1.42. The molecule has 1 N–H and O–H groups in total. The topological polar surface area (TPSA) is 65.0 Å². The predicted octanol–water partition coefficient (Wildman–Crippen LogP) is 4.90. The van der Waals surface area contributed by atoms with Crippen molar-refractivity contribution in [2.24, 2.45) is 0 Å². The van der Waals surface area contributed by atoms with Crippen LogP contribution < -0.4 is 14.2 Å². The largest absolute Gasteiger partial charge is 0.497 e. The molecule has 27 heavy (non-hydrogen) atoms. The third-order valence-electron chi connectivity index (χ3n) is 4.15. The van der Waals surface area contributed by atoms with Crippen LogP contribution in [-0.4, -0.2) is 31.9 Å². The van der Waals surface area contributed by atoms with Crippen molar-refractivity contribution in [2.45, 2.75) is 26.2 Å². The van der Waals surface area contributed by atoms with Gasteiger partial charge in [-0.3, -0.25) is 0 Å². The van der Waals surface area contributed by atoms with Gasteiger partial charge in [0.15, 0.2) is 11.5 Å². The lowest BCUT2D eigenvalue weighted by molar-refractivity contribution is -0.130. The zero-order chi connectivity index (χ0) is 19.6. The average Bonchev–Trinajstić information content (AvgIpc) is 2.69. The Morgan fingerprint density at radius 3 is 2.37 bits per heavy atom. The Labute approximate surface area is 160 Å². The lowest BCUT2D eigenvalue weighted by Gasteiger charge is -2.14. The molecule has 0 saturated carbocycles. The van der Waals surface area contributed by atoms with E-state index in [1.807, 2.05) is 12.1 Å². The van der Waals surface area contributed by atoms with Crippen LogP contribution in [0.25, 0.3) is 11.6 Å². The molecule has 2 aromatic carbocycles. The third kappa shape index (κ3) is 5.51. The van der Waals surface area contributed by atoms with Gasteiger partial charge in [0.05, 0.1) is 26.4 Å². The van der Waals surface area contributed by atoms with E-state index in [1.54, 1.807) is 50.6 Å². The van der Waals surface area contributed by atoms with Crippen molar-refractivity contribution >= 4 is 17.6 Å². The van der Waals surface area contributed by atoms with E-state index in [4.69, 9.17) is 14.2 Å². The molecule has 0 aromatic heterocycles. The van der Waals surface area contributed by atoms with Gasteiger partial charge in [-0.05, 0) is 36.3 Å². The van der Waals surface area contributed by atoms with Crippen LogP contribution in [0.4, 0.5) is 0 Å². The van der Waals surface area contributed by atoms with Crippen LogP contribution in [0.1, 0.15) is 37.3 Å². The number of benzene rings is 2. The maximum Gasteiger partial charge on any atom is 0.336 e. The number of aliphatic carboxylic acids is 1. The van der Waals surface area contributed by atoms with Gasteiger partial charge in [0, 0.05) is 5.56 Å². The van der Waals surface area contributed by atoms with Crippen LogP contribution in [-0.2, 0) is 4.79 Å². The van der Waals surface area contributed by atoms with Crippen molar-refractivity contribution in [3.8, 4) is 17.2 Å². The van der Waals surface area contributed by atoms with E-state index in [-0.39, 0.29) is 5.57 Å². The molecule has 2 rings (SSSR count). The minimum atomic E-state index is -1.01. The fraction of sp³-hybridized carbons (Fsp3) is 0.318. The number of rotatable bonds is 10. The Morgan fingerprint density at radius 2 is 1.78 bits per heavy atom. The van der Waals surface area contributed by atoms with Crippen LogP contribution >= 0.6 is 0 Å². The van der Waals surface area contributed by atoms with E-state index >= 15 is 0 Å². The molecule has 2 aromatic rings. The number of hydrogen-bond donors (Lipinski definition) is 1. The summed E-state index contributed by atoms with van der Waals surface area (Å²) in [4.78, 5) is 11.9. The fourth-order valence-electron chi connectivity index (χ4n) is 2.68. The predicted molar refractivity (Wildman–Crippen MR) is 107 cm³/mol. The SMILES string of the molecule is CCCCCOc1c(/C=C(\C(=O)O)c2ccc(OC)cc2)cccc1OC. The zero-order valence-corrected chi connectivity index (χ0v) is 16.0. The highest BCUT2D eigenvalue weighted by atomic mass is 16.5. The quantitative estimate of drug-likeness (QED) is 0.366. The van der Waals surface area contributed by atoms with Gasteiger partial charge < -0.3 is 19.3 Å². The van der Waals surface area contributed by atoms with Crippen LogP contribution in [0.5, 0.6) is 17.2 Å². The normalized spacial score (nSPS) is 11.1. The molecule has 0 unspecified atom stereocenters. The summed E-state index contributed by atoms with van der Waals surface area (Å²) in [5, 5.41) is 9.71. The number of carboxylic acid groups (broad SMARTS) is 1. The number of unbranched alkanes of at least 4 members (excludes halogenated alkanes) is 2. The second-order valence-corrected chi connectivity index (χ2v) is 6.03. The number of para-hydroxylation sites is 1. The number of carboxylic acids is 1. The van der Waals surface area contributed by atoms with Crippen molar-refractivity contribution < 1.29 is 24.1 Å². The molecule has 0 heterocycles. The standard InChI is InChI=1S/C22H26O5/c1-4-5-6-14-27-21-17(8-7-9-20(21)26-3)15-19(22(23)24)16-10-12-18(25-2)13-11-16/h7-13,15H,4-6,14H2,1-3H3,(H,23,24)/b19-15-.